The van der Waals surface area contributed by atoms with E-state index in [1.807, 2.05) is 12.1 Å². The molecule has 0 spiro atoms. The van der Waals surface area contributed by atoms with Crippen LogP contribution >= 0.6 is 0 Å². The number of anilines is 2. The molecule has 0 atom stereocenters. The van der Waals surface area contributed by atoms with E-state index in [1.54, 1.807) is 12.3 Å². The van der Waals surface area contributed by atoms with Gasteiger partial charge in [0.1, 0.15) is 0 Å². The van der Waals surface area contributed by atoms with Crippen LogP contribution in [0, 0.1) is 0 Å². The molecule has 160 valence electrons. The number of nitrogens with zero attached hydrogens (tertiary/aromatic N) is 1. The molecule has 0 saturated heterocycles. The molecule has 4 N–H and O–H groups in total. The van der Waals surface area contributed by atoms with Crippen LogP contribution in [0.2, 0.25) is 0 Å². The number of nitrogens with one attached hydrogen (secondary N) is 4. The average molecular weight is 410 g/mol. The van der Waals surface area contributed by atoms with Crippen molar-refractivity contribution in [2.24, 2.45) is 0 Å². The van der Waals surface area contributed by atoms with E-state index in [-0.39, 0.29) is 11.6 Å². The Balaban J connectivity index is 1.88. The molecule has 7 nitrogen and oxygen atoms in total. The highest BCUT2D eigenvalue weighted by Crippen LogP contribution is 2.36. The molecular weight excluding hydrogens is 378 g/mol. The van der Waals surface area contributed by atoms with E-state index in [9.17, 15) is 9.59 Å². The van der Waals surface area contributed by atoms with Crippen molar-refractivity contribution in [1.82, 2.24) is 15.6 Å². The molecule has 0 aliphatic heterocycles. The van der Waals surface area contributed by atoms with Gasteiger partial charge in [-0.3, -0.25) is 14.6 Å². The molecule has 1 aromatic heterocycles. The van der Waals surface area contributed by atoms with Gasteiger partial charge in [-0.25, -0.2) is 0 Å². The quantitative estimate of drug-likeness (QED) is 0.342. The van der Waals surface area contributed by atoms with Crippen LogP contribution in [0.15, 0.2) is 30.6 Å². The van der Waals surface area contributed by atoms with E-state index in [4.69, 9.17) is 0 Å². The van der Waals surface area contributed by atoms with E-state index in [2.05, 4.69) is 40.1 Å². The van der Waals surface area contributed by atoms with Crippen LogP contribution < -0.4 is 21.3 Å². The van der Waals surface area contributed by atoms with Crippen molar-refractivity contribution in [3.05, 3.63) is 52.8 Å². The van der Waals surface area contributed by atoms with Crippen molar-refractivity contribution in [3.63, 3.8) is 0 Å². The Morgan fingerprint density at radius 3 is 1.77 bits per heavy atom. The molecule has 0 radical (unpaired) electrons. The number of pyridine rings is 1. The first-order valence-corrected chi connectivity index (χ1v) is 10.8. The first kappa shape index (κ1) is 21.9. The number of carbonyl (C=O) groups excluding carboxylic acids is 2. The van der Waals surface area contributed by atoms with Gasteiger partial charge in [0.15, 0.2) is 11.6 Å². The maximum Gasteiger partial charge on any atom is 0.198 e. The Morgan fingerprint density at radius 2 is 1.23 bits per heavy atom. The third kappa shape index (κ3) is 4.86. The molecule has 0 saturated carbocycles. The molecule has 2 aromatic rings. The number of ketones is 2. The Hall–Kier alpha value is -2.77. The number of carbonyl (C=O) groups is 2. The number of hydrogen-bond donors (Lipinski definition) is 4. The third-order valence-electron chi connectivity index (χ3n) is 5.06. The molecule has 1 aliphatic carbocycles. The van der Waals surface area contributed by atoms with Gasteiger partial charge in [-0.1, -0.05) is 13.8 Å². The smallest absolute Gasteiger partial charge is 0.198 e. The average Bonchev–Trinajstić information content (AvgIpc) is 2.77. The molecule has 1 aliphatic rings. The largest absolute Gasteiger partial charge is 0.383 e. The second-order valence-corrected chi connectivity index (χ2v) is 7.34. The first-order chi connectivity index (χ1) is 14.7. The summed E-state index contributed by atoms with van der Waals surface area (Å²) in [5, 5.41) is 13.3. The van der Waals surface area contributed by atoms with Crippen molar-refractivity contribution < 1.29 is 9.59 Å². The number of hydrogen-bond acceptors (Lipinski definition) is 7. The minimum Gasteiger partial charge on any atom is -0.383 e. The van der Waals surface area contributed by atoms with E-state index in [0.29, 0.717) is 46.7 Å². The van der Waals surface area contributed by atoms with Gasteiger partial charge >= 0.3 is 0 Å². The van der Waals surface area contributed by atoms with Crippen LogP contribution in [-0.4, -0.2) is 55.8 Å². The van der Waals surface area contributed by atoms with Crippen molar-refractivity contribution in [3.8, 4) is 0 Å². The minimum atomic E-state index is -0.163. The van der Waals surface area contributed by atoms with Crippen LogP contribution in [0.3, 0.4) is 0 Å². The normalized spacial score (nSPS) is 12.5. The summed E-state index contributed by atoms with van der Waals surface area (Å²) in [6.45, 7) is 9.05. The van der Waals surface area contributed by atoms with E-state index >= 15 is 0 Å². The van der Waals surface area contributed by atoms with Crippen LogP contribution in [0.4, 0.5) is 11.4 Å². The van der Waals surface area contributed by atoms with E-state index < -0.39 is 0 Å². The van der Waals surface area contributed by atoms with Crippen molar-refractivity contribution >= 4 is 22.9 Å². The summed E-state index contributed by atoms with van der Waals surface area (Å²) in [5.41, 5.74) is 3.04. The third-order valence-corrected chi connectivity index (χ3v) is 5.06. The highest BCUT2D eigenvalue weighted by molar-refractivity contribution is 6.31. The molecule has 0 bridgehead atoms. The molecule has 0 fully saturated rings. The van der Waals surface area contributed by atoms with Crippen LogP contribution in [0.1, 0.15) is 58.5 Å². The summed E-state index contributed by atoms with van der Waals surface area (Å²) in [4.78, 5) is 30.6. The SMILES string of the molecule is CCCNCCNc1ccc(NCCNCCC)c2c1C(=O)c1ccncc1C2=O. The van der Waals surface area contributed by atoms with Gasteiger partial charge in [-0.15, -0.1) is 0 Å². The monoisotopic (exact) mass is 409 g/mol. The van der Waals surface area contributed by atoms with Crippen molar-refractivity contribution in [1.29, 1.82) is 0 Å². The van der Waals surface area contributed by atoms with E-state index in [0.717, 1.165) is 39.0 Å². The Bertz CT molecular complexity index is 825. The maximum absolute atomic E-state index is 13.3. The predicted octanol–water partition coefficient (Wildman–Crippen LogP) is 2.68. The number of aromatic nitrogens is 1. The van der Waals surface area contributed by atoms with Gasteiger partial charge in [0.25, 0.3) is 0 Å². The molecule has 30 heavy (non-hydrogen) atoms. The maximum atomic E-state index is 13.3. The highest BCUT2D eigenvalue weighted by Gasteiger charge is 2.34. The summed E-state index contributed by atoms with van der Waals surface area (Å²) in [7, 11) is 0. The molecule has 0 amide bonds. The van der Waals surface area contributed by atoms with Crippen molar-refractivity contribution in [2.75, 3.05) is 49.9 Å². The fourth-order valence-corrected chi connectivity index (χ4v) is 3.59. The highest BCUT2D eigenvalue weighted by atomic mass is 16.1. The minimum absolute atomic E-state index is 0.140. The number of rotatable bonds is 12. The second kappa shape index (κ2) is 10.8. The molecule has 7 heteroatoms. The molecular formula is C23H31N5O2. The first-order valence-electron chi connectivity index (χ1n) is 10.8. The van der Waals surface area contributed by atoms with Gasteiger partial charge in [0, 0.05) is 55.5 Å². The fourth-order valence-electron chi connectivity index (χ4n) is 3.59. The molecule has 1 aromatic carbocycles. The van der Waals surface area contributed by atoms with Gasteiger partial charge in [-0.05, 0) is 44.1 Å². The van der Waals surface area contributed by atoms with Gasteiger partial charge < -0.3 is 21.3 Å². The lowest BCUT2D eigenvalue weighted by Gasteiger charge is -2.23. The zero-order chi connectivity index (χ0) is 21.3. The van der Waals surface area contributed by atoms with Gasteiger partial charge in [0.2, 0.25) is 0 Å². The predicted molar refractivity (Wildman–Crippen MR) is 121 cm³/mol. The standard InChI is InChI=1S/C23H31N5O2/c1-3-8-24-11-13-27-18-5-6-19(28-14-12-25-9-4-2)21-20(18)22(29)16-7-10-26-15-17(16)23(21)30/h5-7,10,15,24-25,27-28H,3-4,8-9,11-14H2,1-2H3. The summed E-state index contributed by atoms with van der Waals surface area (Å²) < 4.78 is 0. The summed E-state index contributed by atoms with van der Waals surface area (Å²) in [5.74, 6) is -0.303. The number of fused-ring (bicyclic) bond motifs is 2. The molecule has 1 heterocycles. The summed E-state index contributed by atoms with van der Waals surface area (Å²) in [6, 6.07) is 5.39. The lowest BCUT2D eigenvalue weighted by Crippen LogP contribution is -2.28. The Kier molecular flexibility index (Phi) is 7.93. The number of benzene rings is 1. The zero-order valence-corrected chi connectivity index (χ0v) is 17.8. The second-order valence-electron chi connectivity index (χ2n) is 7.34. The zero-order valence-electron chi connectivity index (χ0n) is 17.8. The van der Waals surface area contributed by atoms with Crippen LogP contribution in [-0.2, 0) is 0 Å². The topological polar surface area (TPSA) is 95.2 Å². The summed E-state index contributed by atoms with van der Waals surface area (Å²) in [6.07, 6.45) is 5.18. The molecule has 3 rings (SSSR count). The van der Waals surface area contributed by atoms with Gasteiger partial charge in [0.05, 0.1) is 16.7 Å². The summed E-state index contributed by atoms with van der Waals surface area (Å²) >= 11 is 0. The van der Waals surface area contributed by atoms with E-state index in [1.165, 1.54) is 6.20 Å². The lowest BCUT2D eigenvalue weighted by atomic mass is 9.83. The Morgan fingerprint density at radius 1 is 0.700 bits per heavy atom. The van der Waals surface area contributed by atoms with Gasteiger partial charge in [-0.2, -0.15) is 0 Å². The Labute approximate surface area is 178 Å². The van der Waals surface area contributed by atoms with Crippen LogP contribution in [0.5, 0.6) is 0 Å². The van der Waals surface area contributed by atoms with Crippen LogP contribution in [0.25, 0.3) is 0 Å². The fraction of sp³-hybridized carbons (Fsp3) is 0.435. The molecule has 0 unspecified atom stereocenters. The van der Waals surface area contributed by atoms with Crippen molar-refractivity contribution in [2.45, 2.75) is 26.7 Å². The lowest BCUT2D eigenvalue weighted by molar-refractivity contribution is 0.0980.